The summed E-state index contributed by atoms with van der Waals surface area (Å²) in [4.78, 5) is 12.0. The Bertz CT molecular complexity index is 441. The van der Waals surface area contributed by atoms with E-state index in [2.05, 4.69) is 27.4 Å². The third kappa shape index (κ3) is 6.64. The van der Waals surface area contributed by atoms with Crippen LogP contribution in [-0.2, 0) is 19.0 Å². The second kappa shape index (κ2) is 6.94. The van der Waals surface area contributed by atoms with Crippen molar-refractivity contribution in [3.8, 4) is 0 Å². The molecule has 0 amide bonds. The Morgan fingerprint density at radius 2 is 1.61 bits per heavy atom. The molecule has 0 aromatic rings. The lowest BCUT2D eigenvalue weighted by Crippen LogP contribution is -2.53. The Hall–Kier alpha value is -0.870. The molecule has 4 heteroatoms. The molecule has 1 aliphatic carbocycles. The molecule has 1 rings (SSSR count). The van der Waals surface area contributed by atoms with Gasteiger partial charge in [-0.15, -0.1) is 0 Å². The second-order valence-electron chi connectivity index (χ2n) is 8.83. The van der Waals surface area contributed by atoms with Crippen molar-refractivity contribution in [2.45, 2.75) is 104 Å². The highest BCUT2D eigenvalue weighted by atomic mass is 16.6. The molecule has 3 atom stereocenters. The minimum atomic E-state index is -0.652. The Morgan fingerprint density at radius 1 is 1.09 bits per heavy atom. The first-order valence-corrected chi connectivity index (χ1v) is 8.46. The van der Waals surface area contributed by atoms with Crippen molar-refractivity contribution in [2.24, 2.45) is 0 Å². The fourth-order valence-corrected chi connectivity index (χ4v) is 2.84. The number of hydrogen-bond acceptors (Lipinski definition) is 4. The van der Waals surface area contributed by atoms with Gasteiger partial charge in [-0.2, -0.15) is 0 Å². The van der Waals surface area contributed by atoms with E-state index in [1.807, 2.05) is 27.7 Å². The largest absolute Gasteiger partial charge is 0.453 e. The fraction of sp³-hybridized carbons (Fsp3) is 0.842. The molecule has 0 saturated heterocycles. The molecule has 0 bridgehead atoms. The summed E-state index contributed by atoms with van der Waals surface area (Å²) in [6.07, 6.45) is 2.19. The van der Waals surface area contributed by atoms with Crippen LogP contribution in [0.15, 0.2) is 12.2 Å². The molecule has 1 aliphatic rings. The summed E-state index contributed by atoms with van der Waals surface area (Å²) in [5.41, 5.74) is -0.750. The second-order valence-corrected chi connectivity index (χ2v) is 8.83. The van der Waals surface area contributed by atoms with Crippen molar-refractivity contribution < 1.29 is 19.0 Å². The van der Waals surface area contributed by atoms with Crippen molar-refractivity contribution in [1.29, 1.82) is 0 Å². The van der Waals surface area contributed by atoms with Crippen LogP contribution in [0, 0.1) is 0 Å². The third-order valence-corrected chi connectivity index (χ3v) is 3.81. The lowest BCUT2D eigenvalue weighted by molar-refractivity contribution is -0.216. The normalized spacial score (nSPS) is 29.2. The number of hydrogen-bond donors (Lipinski definition) is 0. The first-order valence-electron chi connectivity index (χ1n) is 8.46. The monoisotopic (exact) mass is 326 g/mol. The van der Waals surface area contributed by atoms with E-state index in [0.717, 1.165) is 6.42 Å². The summed E-state index contributed by atoms with van der Waals surface area (Å²) >= 11 is 0. The summed E-state index contributed by atoms with van der Waals surface area (Å²) in [5, 5.41) is 0. The molecule has 0 aliphatic heterocycles. The molecule has 4 nitrogen and oxygen atoms in total. The number of esters is 1. The van der Waals surface area contributed by atoms with E-state index >= 15 is 0 Å². The zero-order valence-corrected chi connectivity index (χ0v) is 16.1. The molecule has 0 radical (unpaired) electrons. The van der Waals surface area contributed by atoms with Gasteiger partial charge in [0.1, 0.15) is 11.7 Å². The van der Waals surface area contributed by atoms with Crippen LogP contribution >= 0.6 is 0 Å². The summed E-state index contributed by atoms with van der Waals surface area (Å²) in [6.45, 7) is 19.5. The molecule has 23 heavy (non-hydrogen) atoms. The van der Waals surface area contributed by atoms with Crippen LogP contribution in [0.4, 0.5) is 0 Å². The first-order chi connectivity index (χ1) is 10.2. The summed E-state index contributed by atoms with van der Waals surface area (Å²) in [6, 6.07) is 0. The highest BCUT2D eigenvalue weighted by molar-refractivity contribution is 5.87. The molecule has 0 aromatic heterocycles. The van der Waals surface area contributed by atoms with Gasteiger partial charge in [-0.3, -0.25) is 0 Å². The van der Waals surface area contributed by atoms with Crippen molar-refractivity contribution >= 4 is 5.97 Å². The Labute approximate surface area is 141 Å². The zero-order valence-electron chi connectivity index (χ0n) is 16.1. The van der Waals surface area contributed by atoms with E-state index in [0.29, 0.717) is 18.4 Å². The van der Waals surface area contributed by atoms with Crippen molar-refractivity contribution in [1.82, 2.24) is 0 Å². The van der Waals surface area contributed by atoms with Crippen LogP contribution in [-0.4, -0.2) is 35.0 Å². The van der Waals surface area contributed by atoms with Gasteiger partial charge in [0.15, 0.2) is 0 Å². The number of ether oxygens (including phenoxy) is 3. The van der Waals surface area contributed by atoms with E-state index in [1.165, 1.54) is 0 Å². The number of rotatable bonds is 4. The molecule has 0 heterocycles. The van der Waals surface area contributed by atoms with Gasteiger partial charge < -0.3 is 14.2 Å². The van der Waals surface area contributed by atoms with Crippen LogP contribution < -0.4 is 0 Å². The first kappa shape index (κ1) is 20.2. The maximum Gasteiger partial charge on any atom is 0.333 e. The lowest BCUT2D eigenvalue weighted by Gasteiger charge is -2.46. The van der Waals surface area contributed by atoms with Crippen LogP contribution in [0.5, 0.6) is 0 Å². The highest BCUT2D eigenvalue weighted by Gasteiger charge is 2.46. The highest BCUT2D eigenvalue weighted by Crippen LogP contribution is 2.38. The topological polar surface area (TPSA) is 44.8 Å². The van der Waals surface area contributed by atoms with Gasteiger partial charge in [0.05, 0.1) is 17.3 Å². The lowest BCUT2D eigenvalue weighted by atomic mass is 9.81. The van der Waals surface area contributed by atoms with Gasteiger partial charge in [-0.1, -0.05) is 6.58 Å². The molecular formula is C19H34O4. The Morgan fingerprint density at radius 3 is 2.04 bits per heavy atom. The standard InChI is InChI=1S/C19H34O4/c1-13(2)16(20)23-19(9)11-10-14(21-17(3,4)5)12-15(19)22-18(6,7)8/h14-15H,1,10-12H2,2-9H3. The molecule has 0 spiro atoms. The smallest absolute Gasteiger partial charge is 0.333 e. The molecule has 1 saturated carbocycles. The van der Waals surface area contributed by atoms with Gasteiger partial charge in [-0.05, 0) is 68.2 Å². The number of carbonyl (C=O) groups is 1. The Balaban J connectivity index is 2.92. The molecular weight excluding hydrogens is 292 g/mol. The predicted molar refractivity (Wildman–Crippen MR) is 92.4 cm³/mol. The van der Waals surface area contributed by atoms with Crippen LogP contribution in [0.25, 0.3) is 0 Å². The quantitative estimate of drug-likeness (QED) is 0.567. The SMILES string of the molecule is C=C(C)C(=O)OC1(C)CCC(OC(C)(C)C)CC1OC(C)(C)C. The van der Waals surface area contributed by atoms with Gasteiger partial charge in [0.2, 0.25) is 0 Å². The minimum absolute atomic E-state index is 0.110. The maximum atomic E-state index is 12.0. The fourth-order valence-electron chi connectivity index (χ4n) is 2.84. The van der Waals surface area contributed by atoms with Gasteiger partial charge in [0, 0.05) is 12.0 Å². The molecule has 3 unspecified atom stereocenters. The van der Waals surface area contributed by atoms with Crippen LogP contribution in [0.2, 0.25) is 0 Å². The summed E-state index contributed by atoms with van der Waals surface area (Å²) in [5.74, 6) is -0.356. The third-order valence-electron chi connectivity index (χ3n) is 3.81. The van der Waals surface area contributed by atoms with E-state index in [1.54, 1.807) is 6.92 Å². The maximum absolute atomic E-state index is 12.0. The van der Waals surface area contributed by atoms with Crippen LogP contribution in [0.3, 0.4) is 0 Å². The average Bonchev–Trinajstić information content (AvgIpc) is 2.30. The molecule has 134 valence electrons. The van der Waals surface area contributed by atoms with Crippen molar-refractivity contribution in [3.05, 3.63) is 12.2 Å². The van der Waals surface area contributed by atoms with E-state index in [-0.39, 0.29) is 29.4 Å². The molecule has 0 aromatic carbocycles. The van der Waals surface area contributed by atoms with Gasteiger partial charge in [-0.25, -0.2) is 4.79 Å². The molecule has 1 fully saturated rings. The summed E-state index contributed by atoms with van der Waals surface area (Å²) in [7, 11) is 0. The van der Waals surface area contributed by atoms with E-state index in [4.69, 9.17) is 14.2 Å². The summed E-state index contributed by atoms with van der Waals surface area (Å²) < 4.78 is 18.1. The van der Waals surface area contributed by atoms with Crippen molar-refractivity contribution in [2.75, 3.05) is 0 Å². The Kier molecular flexibility index (Phi) is 6.09. The van der Waals surface area contributed by atoms with Gasteiger partial charge >= 0.3 is 5.97 Å². The van der Waals surface area contributed by atoms with E-state index in [9.17, 15) is 4.79 Å². The minimum Gasteiger partial charge on any atom is -0.453 e. The average molecular weight is 326 g/mol. The van der Waals surface area contributed by atoms with E-state index < -0.39 is 5.60 Å². The zero-order chi connectivity index (χ0) is 18.1. The van der Waals surface area contributed by atoms with Crippen molar-refractivity contribution in [3.63, 3.8) is 0 Å². The molecule has 0 N–H and O–H groups in total. The van der Waals surface area contributed by atoms with Gasteiger partial charge in [0.25, 0.3) is 0 Å². The number of carbonyl (C=O) groups excluding carboxylic acids is 1. The van der Waals surface area contributed by atoms with Crippen LogP contribution in [0.1, 0.15) is 74.7 Å². The predicted octanol–water partition coefficient (Wildman–Crippen LogP) is 4.42.